The third-order valence-corrected chi connectivity index (χ3v) is 9.00. The number of nitrogens with one attached hydrogen (secondary N) is 1. The van der Waals surface area contributed by atoms with Gasteiger partial charge in [0, 0.05) is 23.8 Å². The molecule has 188 valence electrons. The second-order valence-corrected chi connectivity index (χ2v) is 12.0. The number of nitrogens with zero attached hydrogens (tertiary/aromatic N) is 2. The molecule has 0 bridgehead atoms. The molecule has 1 aliphatic heterocycles. The summed E-state index contributed by atoms with van der Waals surface area (Å²) in [7, 11) is -1.74. The smallest absolute Gasteiger partial charge is 0.308 e. The summed E-state index contributed by atoms with van der Waals surface area (Å²) in [5, 5.41) is 0.579. The summed E-state index contributed by atoms with van der Waals surface area (Å²) < 4.78 is 37.0. The van der Waals surface area contributed by atoms with Crippen LogP contribution in [0.1, 0.15) is 18.4 Å². The van der Waals surface area contributed by atoms with Crippen LogP contribution in [0.2, 0.25) is 5.02 Å². The minimum atomic E-state index is -3.84. The minimum absolute atomic E-state index is 0.0906. The first kappa shape index (κ1) is 24.8. The van der Waals surface area contributed by atoms with E-state index < -0.39 is 10.0 Å². The van der Waals surface area contributed by atoms with Crippen LogP contribution in [0, 0.1) is 0 Å². The maximum absolute atomic E-state index is 13.1. The number of fused-ring (bicyclic) bond motifs is 1. The number of halogens is 1. The molecule has 1 aromatic heterocycles. The summed E-state index contributed by atoms with van der Waals surface area (Å²) >= 11 is 7.27. The van der Waals surface area contributed by atoms with Crippen LogP contribution in [-0.4, -0.2) is 44.1 Å². The van der Waals surface area contributed by atoms with Crippen LogP contribution >= 0.6 is 22.9 Å². The molecule has 2 heterocycles. The number of sulfonamides is 1. The zero-order chi connectivity index (χ0) is 25.3. The Labute approximate surface area is 218 Å². The lowest BCUT2D eigenvalue weighted by molar-refractivity contribution is 0.114. The first-order chi connectivity index (χ1) is 17.3. The molecule has 0 saturated carbocycles. The van der Waals surface area contributed by atoms with E-state index in [0.29, 0.717) is 27.5 Å². The molecule has 5 rings (SSSR count). The molecule has 1 aliphatic rings. The third kappa shape index (κ3) is 5.44. The number of anilines is 1. The van der Waals surface area contributed by atoms with Crippen molar-refractivity contribution in [3.05, 3.63) is 87.0 Å². The van der Waals surface area contributed by atoms with Gasteiger partial charge in [-0.3, -0.25) is 14.1 Å². The van der Waals surface area contributed by atoms with E-state index in [9.17, 15) is 13.2 Å². The Morgan fingerprint density at radius 2 is 1.78 bits per heavy atom. The molecule has 0 spiro atoms. The second kappa shape index (κ2) is 10.3. The Morgan fingerprint density at radius 1 is 1.06 bits per heavy atom. The minimum Gasteiger partial charge on any atom is -0.490 e. The number of ether oxygens (including phenoxy) is 1. The highest BCUT2D eigenvalue weighted by atomic mass is 35.5. The average molecular weight is 544 g/mol. The van der Waals surface area contributed by atoms with E-state index in [4.69, 9.17) is 16.3 Å². The molecule has 3 aromatic carbocycles. The van der Waals surface area contributed by atoms with Crippen molar-refractivity contribution in [3.8, 4) is 5.75 Å². The fourth-order valence-corrected chi connectivity index (χ4v) is 6.56. The fourth-order valence-electron chi connectivity index (χ4n) is 4.27. The van der Waals surface area contributed by atoms with Gasteiger partial charge in [-0.15, -0.1) is 0 Å². The molecule has 0 aliphatic carbocycles. The maximum atomic E-state index is 13.1. The van der Waals surface area contributed by atoms with Gasteiger partial charge in [-0.25, -0.2) is 8.42 Å². The SMILES string of the molecule is CN1CCC(Oc2ccc(NS(=O)(=O)c3ccc4c(c3)sc(=O)n4Cc3ccccc3Cl)cc2)CC1. The highest BCUT2D eigenvalue weighted by Crippen LogP contribution is 2.26. The van der Waals surface area contributed by atoms with Crippen LogP contribution in [-0.2, 0) is 16.6 Å². The van der Waals surface area contributed by atoms with Crippen molar-refractivity contribution >= 4 is 48.9 Å². The topological polar surface area (TPSA) is 80.6 Å². The van der Waals surface area contributed by atoms with Crippen LogP contribution < -0.4 is 14.3 Å². The Morgan fingerprint density at radius 3 is 2.50 bits per heavy atom. The first-order valence-corrected chi connectivity index (χ1v) is 14.3. The summed E-state index contributed by atoms with van der Waals surface area (Å²) in [6.07, 6.45) is 2.12. The molecule has 10 heteroatoms. The van der Waals surface area contributed by atoms with E-state index in [1.54, 1.807) is 41.0 Å². The largest absolute Gasteiger partial charge is 0.490 e. The highest BCUT2D eigenvalue weighted by Gasteiger charge is 2.19. The lowest BCUT2D eigenvalue weighted by Gasteiger charge is -2.29. The molecule has 0 atom stereocenters. The predicted molar refractivity (Wildman–Crippen MR) is 145 cm³/mol. The molecule has 0 radical (unpaired) electrons. The summed E-state index contributed by atoms with van der Waals surface area (Å²) in [5.41, 5.74) is 1.93. The fraction of sp³-hybridized carbons (Fsp3) is 0.269. The van der Waals surface area contributed by atoms with Crippen LogP contribution in [0.25, 0.3) is 10.2 Å². The number of benzene rings is 3. The van der Waals surface area contributed by atoms with Crippen molar-refractivity contribution in [2.75, 3.05) is 24.9 Å². The van der Waals surface area contributed by atoms with Crippen molar-refractivity contribution in [1.82, 2.24) is 9.47 Å². The third-order valence-electron chi connectivity index (χ3n) is 6.31. The van der Waals surface area contributed by atoms with Gasteiger partial charge in [0.2, 0.25) is 0 Å². The van der Waals surface area contributed by atoms with E-state index in [1.807, 2.05) is 18.2 Å². The highest BCUT2D eigenvalue weighted by molar-refractivity contribution is 7.92. The van der Waals surface area contributed by atoms with Gasteiger partial charge in [0.15, 0.2) is 0 Å². The van der Waals surface area contributed by atoms with Gasteiger partial charge in [-0.05, 0) is 74.0 Å². The molecule has 0 amide bonds. The lowest BCUT2D eigenvalue weighted by atomic mass is 10.1. The molecule has 36 heavy (non-hydrogen) atoms. The van der Waals surface area contributed by atoms with E-state index in [2.05, 4.69) is 16.7 Å². The number of hydrogen-bond acceptors (Lipinski definition) is 6. The number of aromatic nitrogens is 1. The molecule has 1 fully saturated rings. The molecular weight excluding hydrogens is 518 g/mol. The van der Waals surface area contributed by atoms with E-state index in [0.717, 1.165) is 48.6 Å². The molecule has 7 nitrogen and oxygen atoms in total. The van der Waals surface area contributed by atoms with E-state index >= 15 is 0 Å². The standard InChI is InChI=1S/C26H26ClN3O4S2/c1-29-14-12-21(13-15-29)34-20-8-6-19(7-9-20)28-36(32,33)22-10-11-24-25(16-22)35-26(31)30(24)17-18-4-2-3-5-23(18)27/h2-11,16,21,28H,12-15,17H2,1H3. The number of piperidine rings is 1. The van der Waals surface area contributed by atoms with Gasteiger partial charge in [-0.1, -0.05) is 41.1 Å². The number of hydrogen-bond donors (Lipinski definition) is 1. The molecule has 4 aromatic rings. The molecule has 1 N–H and O–H groups in total. The first-order valence-electron chi connectivity index (χ1n) is 11.6. The Hall–Kier alpha value is -2.85. The van der Waals surface area contributed by atoms with Crippen molar-refractivity contribution in [2.45, 2.75) is 30.4 Å². The number of likely N-dealkylation sites (tertiary alicyclic amines) is 1. The van der Waals surface area contributed by atoms with Gasteiger partial charge < -0.3 is 9.64 Å². The average Bonchev–Trinajstić information content (AvgIpc) is 3.17. The van der Waals surface area contributed by atoms with Crippen LogP contribution in [0.15, 0.2) is 76.4 Å². The molecule has 0 unspecified atom stereocenters. The maximum Gasteiger partial charge on any atom is 0.308 e. The molecular formula is C26H26ClN3O4S2. The Kier molecular flexibility index (Phi) is 7.07. The van der Waals surface area contributed by atoms with Gasteiger partial charge >= 0.3 is 4.87 Å². The predicted octanol–water partition coefficient (Wildman–Crippen LogP) is 5.04. The summed E-state index contributed by atoms with van der Waals surface area (Å²) in [6.45, 7) is 2.32. The number of rotatable bonds is 7. The van der Waals surface area contributed by atoms with Gasteiger partial charge in [-0.2, -0.15) is 0 Å². The van der Waals surface area contributed by atoms with Gasteiger partial charge in [0.1, 0.15) is 11.9 Å². The Bertz CT molecular complexity index is 1540. The van der Waals surface area contributed by atoms with Crippen LogP contribution in [0.3, 0.4) is 0 Å². The zero-order valence-corrected chi connectivity index (χ0v) is 22.1. The monoisotopic (exact) mass is 543 g/mol. The lowest BCUT2D eigenvalue weighted by Crippen LogP contribution is -2.35. The summed E-state index contributed by atoms with van der Waals surface area (Å²) in [4.78, 5) is 14.9. The normalized spacial score (nSPS) is 15.3. The summed E-state index contributed by atoms with van der Waals surface area (Å²) in [6, 6.07) is 19.0. The quantitative estimate of drug-likeness (QED) is 0.353. The van der Waals surface area contributed by atoms with E-state index in [-0.39, 0.29) is 15.9 Å². The molecule has 1 saturated heterocycles. The van der Waals surface area contributed by atoms with Crippen molar-refractivity contribution in [2.24, 2.45) is 0 Å². The van der Waals surface area contributed by atoms with Crippen LogP contribution in [0.5, 0.6) is 5.75 Å². The number of thiazole rings is 1. The Balaban J connectivity index is 1.31. The second-order valence-electron chi connectivity index (χ2n) is 8.93. The van der Waals surface area contributed by atoms with Gasteiger partial charge in [0.25, 0.3) is 10.0 Å². The van der Waals surface area contributed by atoms with E-state index in [1.165, 1.54) is 12.1 Å². The van der Waals surface area contributed by atoms with Crippen molar-refractivity contribution in [3.63, 3.8) is 0 Å². The zero-order valence-electron chi connectivity index (χ0n) is 19.7. The van der Waals surface area contributed by atoms with Gasteiger partial charge in [0.05, 0.1) is 21.7 Å². The summed E-state index contributed by atoms with van der Waals surface area (Å²) in [5.74, 6) is 0.721. The van der Waals surface area contributed by atoms with Crippen LogP contribution in [0.4, 0.5) is 5.69 Å². The van der Waals surface area contributed by atoms with Crippen molar-refractivity contribution < 1.29 is 13.2 Å². The van der Waals surface area contributed by atoms with Crippen molar-refractivity contribution in [1.29, 1.82) is 0 Å².